The van der Waals surface area contributed by atoms with Crippen molar-refractivity contribution in [2.75, 3.05) is 26.8 Å². The number of carbonyl (C=O) groups is 1. The van der Waals surface area contributed by atoms with E-state index in [1.165, 1.54) is 0 Å². The third kappa shape index (κ3) is 4.49. The SMILES string of the molecule is C=C(C)CN(CC)C(=O)c1cc(Br)c(OCC)c(OC)c1. The van der Waals surface area contributed by atoms with E-state index in [4.69, 9.17) is 9.47 Å². The van der Waals surface area contributed by atoms with Crippen LogP contribution in [0.25, 0.3) is 0 Å². The third-order valence-electron chi connectivity index (χ3n) is 2.89. The molecule has 1 amide bonds. The lowest BCUT2D eigenvalue weighted by Crippen LogP contribution is -2.32. The molecule has 1 rings (SSSR count). The zero-order valence-corrected chi connectivity index (χ0v) is 14.6. The molecule has 0 heterocycles. The van der Waals surface area contributed by atoms with E-state index in [1.54, 1.807) is 24.1 Å². The summed E-state index contributed by atoms with van der Waals surface area (Å²) in [6.07, 6.45) is 0. The molecule has 0 bridgehead atoms. The number of ether oxygens (including phenoxy) is 2. The van der Waals surface area contributed by atoms with E-state index in [0.717, 1.165) is 5.57 Å². The number of methoxy groups -OCH3 is 1. The molecule has 4 nitrogen and oxygen atoms in total. The van der Waals surface area contributed by atoms with Crippen LogP contribution in [-0.4, -0.2) is 37.6 Å². The summed E-state index contributed by atoms with van der Waals surface area (Å²) >= 11 is 3.44. The summed E-state index contributed by atoms with van der Waals surface area (Å²) < 4.78 is 11.6. The van der Waals surface area contributed by atoms with Gasteiger partial charge in [0, 0.05) is 18.7 Å². The van der Waals surface area contributed by atoms with E-state index < -0.39 is 0 Å². The fourth-order valence-electron chi connectivity index (χ4n) is 1.96. The number of benzene rings is 1. The zero-order valence-electron chi connectivity index (χ0n) is 13.0. The first kappa shape index (κ1) is 17.6. The second-order valence-corrected chi connectivity index (χ2v) is 5.55. The van der Waals surface area contributed by atoms with E-state index in [2.05, 4.69) is 22.5 Å². The first-order valence-corrected chi connectivity index (χ1v) is 7.67. The van der Waals surface area contributed by atoms with Crippen molar-refractivity contribution >= 4 is 21.8 Å². The average molecular weight is 356 g/mol. The first-order valence-electron chi connectivity index (χ1n) is 6.88. The van der Waals surface area contributed by atoms with Crippen molar-refractivity contribution in [3.63, 3.8) is 0 Å². The van der Waals surface area contributed by atoms with Crippen molar-refractivity contribution in [3.8, 4) is 11.5 Å². The second kappa shape index (κ2) is 8.08. The standard InChI is InChI=1S/C16H22BrNO3/c1-6-18(10-11(3)4)16(19)12-8-13(17)15(21-7-2)14(9-12)20-5/h8-9H,3,6-7,10H2,1-2,4-5H3. The zero-order chi connectivity index (χ0) is 16.0. The van der Waals surface area contributed by atoms with E-state index in [0.29, 0.717) is 41.2 Å². The molecule has 0 spiro atoms. The fraction of sp³-hybridized carbons (Fsp3) is 0.438. The number of hydrogen-bond donors (Lipinski definition) is 0. The van der Waals surface area contributed by atoms with Crippen LogP contribution in [0.5, 0.6) is 11.5 Å². The molecule has 0 saturated carbocycles. The smallest absolute Gasteiger partial charge is 0.254 e. The van der Waals surface area contributed by atoms with Crippen molar-refractivity contribution in [2.45, 2.75) is 20.8 Å². The lowest BCUT2D eigenvalue weighted by Gasteiger charge is -2.22. The van der Waals surface area contributed by atoms with Gasteiger partial charge in [0.15, 0.2) is 11.5 Å². The predicted molar refractivity (Wildman–Crippen MR) is 88.3 cm³/mol. The lowest BCUT2D eigenvalue weighted by atomic mass is 10.1. The summed E-state index contributed by atoms with van der Waals surface area (Å²) in [5.41, 5.74) is 1.51. The molecule has 0 fully saturated rings. The molecule has 0 aliphatic rings. The molecular weight excluding hydrogens is 334 g/mol. The maximum Gasteiger partial charge on any atom is 0.254 e. The molecular formula is C16H22BrNO3. The Kier molecular flexibility index (Phi) is 6.75. The van der Waals surface area contributed by atoms with Crippen molar-refractivity contribution in [1.29, 1.82) is 0 Å². The monoisotopic (exact) mass is 355 g/mol. The van der Waals surface area contributed by atoms with Gasteiger partial charge in [0.25, 0.3) is 5.91 Å². The number of likely N-dealkylation sites (N-methyl/N-ethyl adjacent to an activating group) is 1. The van der Waals surface area contributed by atoms with Gasteiger partial charge in [-0.05, 0) is 48.8 Å². The van der Waals surface area contributed by atoms with Crippen molar-refractivity contribution in [3.05, 3.63) is 34.3 Å². The molecule has 116 valence electrons. The van der Waals surface area contributed by atoms with Crippen LogP contribution in [0.3, 0.4) is 0 Å². The minimum Gasteiger partial charge on any atom is -0.493 e. The molecule has 5 heteroatoms. The Bertz CT molecular complexity index is 528. The number of hydrogen-bond acceptors (Lipinski definition) is 3. The Morgan fingerprint density at radius 2 is 2.05 bits per heavy atom. The molecule has 0 aliphatic carbocycles. The quantitative estimate of drug-likeness (QED) is 0.696. The molecule has 0 unspecified atom stereocenters. The van der Waals surface area contributed by atoms with E-state index in [9.17, 15) is 4.79 Å². The maximum atomic E-state index is 12.6. The van der Waals surface area contributed by atoms with Crippen molar-refractivity contribution in [1.82, 2.24) is 4.90 Å². The molecule has 0 atom stereocenters. The van der Waals surface area contributed by atoms with Crippen LogP contribution >= 0.6 is 15.9 Å². The summed E-state index contributed by atoms with van der Waals surface area (Å²) in [4.78, 5) is 14.3. The van der Waals surface area contributed by atoms with Gasteiger partial charge in [0.05, 0.1) is 18.2 Å². The normalized spacial score (nSPS) is 10.1. The Morgan fingerprint density at radius 3 is 2.52 bits per heavy atom. The Morgan fingerprint density at radius 1 is 1.38 bits per heavy atom. The highest BCUT2D eigenvalue weighted by Crippen LogP contribution is 2.37. The van der Waals surface area contributed by atoms with Gasteiger partial charge in [-0.25, -0.2) is 0 Å². The Balaban J connectivity index is 3.15. The largest absolute Gasteiger partial charge is 0.493 e. The molecule has 0 saturated heterocycles. The van der Waals surface area contributed by atoms with E-state index >= 15 is 0 Å². The van der Waals surface area contributed by atoms with Crippen LogP contribution in [0.15, 0.2) is 28.8 Å². The van der Waals surface area contributed by atoms with Gasteiger partial charge in [0.1, 0.15) is 0 Å². The number of amides is 1. The summed E-state index contributed by atoms with van der Waals surface area (Å²) in [7, 11) is 1.56. The number of halogens is 1. The summed E-state index contributed by atoms with van der Waals surface area (Å²) in [6.45, 7) is 11.3. The van der Waals surface area contributed by atoms with Crippen LogP contribution < -0.4 is 9.47 Å². The van der Waals surface area contributed by atoms with Crippen LogP contribution in [0.4, 0.5) is 0 Å². The second-order valence-electron chi connectivity index (χ2n) is 4.70. The number of rotatable bonds is 7. The highest BCUT2D eigenvalue weighted by Gasteiger charge is 2.19. The first-order chi connectivity index (χ1) is 9.94. The summed E-state index contributed by atoms with van der Waals surface area (Å²) in [5.74, 6) is 1.10. The van der Waals surface area contributed by atoms with Crippen LogP contribution in [0.1, 0.15) is 31.1 Å². The minimum atomic E-state index is -0.0532. The summed E-state index contributed by atoms with van der Waals surface area (Å²) in [5, 5.41) is 0. The van der Waals surface area contributed by atoms with Gasteiger partial charge in [0.2, 0.25) is 0 Å². The van der Waals surface area contributed by atoms with Crippen LogP contribution in [0.2, 0.25) is 0 Å². The molecule has 0 aliphatic heterocycles. The predicted octanol–water partition coefficient (Wildman–Crippen LogP) is 3.89. The Labute approximate surface area is 134 Å². The van der Waals surface area contributed by atoms with Crippen molar-refractivity contribution < 1.29 is 14.3 Å². The maximum absolute atomic E-state index is 12.6. The van der Waals surface area contributed by atoms with Gasteiger partial charge in [-0.3, -0.25) is 4.79 Å². The van der Waals surface area contributed by atoms with Gasteiger partial charge < -0.3 is 14.4 Å². The minimum absolute atomic E-state index is 0.0532. The van der Waals surface area contributed by atoms with Gasteiger partial charge in [-0.2, -0.15) is 0 Å². The highest BCUT2D eigenvalue weighted by molar-refractivity contribution is 9.10. The van der Waals surface area contributed by atoms with Gasteiger partial charge in [-0.1, -0.05) is 12.2 Å². The summed E-state index contributed by atoms with van der Waals surface area (Å²) in [6, 6.07) is 3.47. The van der Waals surface area contributed by atoms with E-state index in [1.807, 2.05) is 20.8 Å². The number of carbonyl (C=O) groups excluding carboxylic acids is 1. The molecule has 1 aromatic carbocycles. The lowest BCUT2D eigenvalue weighted by molar-refractivity contribution is 0.0778. The highest BCUT2D eigenvalue weighted by atomic mass is 79.9. The molecule has 0 N–H and O–H groups in total. The van der Waals surface area contributed by atoms with Crippen molar-refractivity contribution in [2.24, 2.45) is 0 Å². The van der Waals surface area contributed by atoms with Crippen LogP contribution in [0, 0.1) is 0 Å². The molecule has 21 heavy (non-hydrogen) atoms. The number of nitrogens with zero attached hydrogens (tertiary/aromatic N) is 1. The topological polar surface area (TPSA) is 38.8 Å². The Hall–Kier alpha value is -1.49. The third-order valence-corrected chi connectivity index (χ3v) is 3.48. The average Bonchev–Trinajstić information content (AvgIpc) is 2.45. The molecule has 0 aromatic heterocycles. The van der Waals surface area contributed by atoms with Gasteiger partial charge >= 0.3 is 0 Å². The molecule has 1 aromatic rings. The molecule has 0 radical (unpaired) electrons. The van der Waals surface area contributed by atoms with Crippen LogP contribution in [-0.2, 0) is 0 Å². The fourth-order valence-corrected chi connectivity index (χ4v) is 2.52. The van der Waals surface area contributed by atoms with E-state index in [-0.39, 0.29) is 5.91 Å². The van der Waals surface area contributed by atoms with Gasteiger partial charge in [-0.15, -0.1) is 0 Å².